The summed E-state index contributed by atoms with van der Waals surface area (Å²) in [6.07, 6.45) is 3.53. The Morgan fingerprint density at radius 1 is 1.21 bits per heavy atom. The molecule has 1 atom stereocenters. The lowest BCUT2D eigenvalue weighted by Gasteiger charge is -2.40. The van der Waals surface area contributed by atoms with Crippen LogP contribution >= 0.6 is 0 Å². The second-order valence-electron chi connectivity index (χ2n) is 5.73. The van der Waals surface area contributed by atoms with Crippen molar-refractivity contribution in [2.24, 2.45) is 0 Å². The molecule has 2 aliphatic rings. The first-order valence-electron chi connectivity index (χ1n) is 7.24. The molecule has 1 heterocycles. The molecular weight excluding hydrogens is 234 g/mol. The quantitative estimate of drug-likeness (QED) is 0.770. The Bertz CT molecular complexity index is 495. The first-order valence-corrected chi connectivity index (χ1v) is 7.24. The van der Waals surface area contributed by atoms with Crippen molar-refractivity contribution in [3.8, 4) is 6.07 Å². The van der Waals surface area contributed by atoms with Crippen LogP contribution in [0.5, 0.6) is 0 Å². The fourth-order valence-corrected chi connectivity index (χ4v) is 3.44. The number of likely N-dealkylation sites (N-methyl/N-ethyl adjacent to an activating group) is 1. The van der Waals surface area contributed by atoms with Gasteiger partial charge in [-0.3, -0.25) is 4.90 Å². The van der Waals surface area contributed by atoms with Gasteiger partial charge in [-0.2, -0.15) is 5.26 Å². The van der Waals surface area contributed by atoms with Crippen molar-refractivity contribution >= 4 is 0 Å². The summed E-state index contributed by atoms with van der Waals surface area (Å²) >= 11 is 0. The summed E-state index contributed by atoms with van der Waals surface area (Å²) in [4.78, 5) is 5.01. The highest BCUT2D eigenvalue weighted by Gasteiger charge is 2.28. The first-order chi connectivity index (χ1) is 9.29. The van der Waals surface area contributed by atoms with Crippen molar-refractivity contribution in [3.63, 3.8) is 0 Å². The Morgan fingerprint density at radius 2 is 2.00 bits per heavy atom. The summed E-state index contributed by atoms with van der Waals surface area (Å²) in [7, 11) is 2.19. The monoisotopic (exact) mass is 255 g/mol. The molecular formula is C16H21N3. The molecule has 1 unspecified atom stereocenters. The van der Waals surface area contributed by atoms with E-state index >= 15 is 0 Å². The molecule has 1 fully saturated rings. The fourth-order valence-electron chi connectivity index (χ4n) is 3.44. The van der Waals surface area contributed by atoms with Crippen LogP contribution < -0.4 is 0 Å². The second kappa shape index (κ2) is 5.32. The third-order valence-electron chi connectivity index (χ3n) is 4.57. The minimum atomic E-state index is 0.533. The number of hydrogen-bond acceptors (Lipinski definition) is 3. The van der Waals surface area contributed by atoms with Crippen molar-refractivity contribution in [2.75, 3.05) is 33.2 Å². The van der Waals surface area contributed by atoms with E-state index in [4.69, 9.17) is 0 Å². The van der Waals surface area contributed by atoms with Crippen LogP contribution in [0.1, 0.15) is 35.6 Å². The van der Waals surface area contributed by atoms with Gasteiger partial charge in [0.05, 0.1) is 11.6 Å². The fraction of sp³-hybridized carbons (Fsp3) is 0.562. The third kappa shape index (κ3) is 2.39. The largest absolute Gasteiger partial charge is 0.304 e. The Hall–Kier alpha value is -1.37. The first kappa shape index (κ1) is 12.7. The van der Waals surface area contributed by atoms with Crippen molar-refractivity contribution in [1.29, 1.82) is 5.26 Å². The van der Waals surface area contributed by atoms with Crippen LogP contribution in [0.2, 0.25) is 0 Å². The molecule has 0 bridgehead atoms. The lowest BCUT2D eigenvalue weighted by Crippen LogP contribution is -2.46. The number of rotatable bonds is 1. The smallest absolute Gasteiger partial charge is 0.0994 e. The zero-order valence-corrected chi connectivity index (χ0v) is 11.6. The maximum atomic E-state index is 9.25. The van der Waals surface area contributed by atoms with E-state index in [0.29, 0.717) is 6.04 Å². The molecule has 3 rings (SSSR count). The van der Waals surface area contributed by atoms with Crippen LogP contribution in [-0.4, -0.2) is 43.0 Å². The molecule has 0 radical (unpaired) electrons. The number of nitriles is 1. The van der Waals surface area contributed by atoms with E-state index < -0.39 is 0 Å². The summed E-state index contributed by atoms with van der Waals surface area (Å²) in [6.45, 7) is 4.61. The van der Waals surface area contributed by atoms with E-state index in [0.717, 1.165) is 38.2 Å². The van der Waals surface area contributed by atoms with Crippen molar-refractivity contribution in [2.45, 2.75) is 25.3 Å². The zero-order chi connectivity index (χ0) is 13.2. The number of fused-ring (bicyclic) bond motifs is 1. The van der Waals surface area contributed by atoms with Gasteiger partial charge in [0, 0.05) is 32.2 Å². The normalized spacial score (nSPS) is 24.7. The van der Waals surface area contributed by atoms with Gasteiger partial charge in [-0.25, -0.2) is 0 Å². The number of piperazine rings is 1. The summed E-state index contributed by atoms with van der Waals surface area (Å²) < 4.78 is 0. The van der Waals surface area contributed by atoms with Gasteiger partial charge >= 0.3 is 0 Å². The Balaban J connectivity index is 1.89. The van der Waals surface area contributed by atoms with Crippen LogP contribution in [0.25, 0.3) is 0 Å². The van der Waals surface area contributed by atoms with Crippen LogP contribution in [0, 0.1) is 11.3 Å². The van der Waals surface area contributed by atoms with E-state index in [-0.39, 0.29) is 0 Å². The van der Waals surface area contributed by atoms with E-state index in [1.54, 1.807) is 0 Å². The Kier molecular flexibility index (Phi) is 3.54. The summed E-state index contributed by atoms with van der Waals surface area (Å²) in [5, 5.41) is 9.25. The van der Waals surface area contributed by atoms with E-state index in [1.165, 1.54) is 24.0 Å². The van der Waals surface area contributed by atoms with Crippen LogP contribution in [-0.2, 0) is 6.42 Å². The SMILES string of the molecule is CN1CCN(C2CCCc3c(C#N)cccc32)CC1. The molecule has 3 heteroatoms. The maximum absolute atomic E-state index is 9.25. The summed E-state index contributed by atoms with van der Waals surface area (Å²) in [6, 6.07) is 9.14. The topological polar surface area (TPSA) is 30.3 Å². The van der Waals surface area contributed by atoms with E-state index in [2.05, 4.69) is 29.0 Å². The van der Waals surface area contributed by atoms with Crippen molar-refractivity contribution in [3.05, 3.63) is 34.9 Å². The molecule has 0 N–H and O–H groups in total. The molecule has 100 valence electrons. The van der Waals surface area contributed by atoms with Gasteiger partial charge in [0.1, 0.15) is 0 Å². The molecule has 3 nitrogen and oxygen atoms in total. The Morgan fingerprint density at radius 3 is 2.74 bits per heavy atom. The molecule has 1 aliphatic carbocycles. The van der Waals surface area contributed by atoms with Crippen LogP contribution in [0.4, 0.5) is 0 Å². The lowest BCUT2D eigenvalue weighted by molar-refractivity contribution is 0.102. The summed E-state index contributed by atoms with van der Waals surface area (Å²) in [5.74, 6) is 0. The maximum Gasteiger partial charge on any atom is 0.0994 e. The average molecular weight is 255 g/mol. The highest BCUT2D eigenvalue weighted by atomic mass is 15.3. The molecule has 0 saturated carbocycles. The van der Waals surface area contributed by atoms with Gasteiger partial charge in [-0.15, -0.1) is 0 Å². The molecule has 0 aromatic heterocycles. The molecule has 1 aliphatic heterocycles. The number of nitrogens with zero attached hydrogens (tertiary/aromatic N) is 3. The molecule has 1 saturated heterocycles. The standard InChI is InChI=1S/C16H21N3/c1-18-8-10-19(11-9-18)16-7-3-5-14-13(12-17)4-2-6-15(14)16/h2,4,6,16H,3,5,7-11H2,1H3. The molecule has 19 heavy (non-hydrogen) atoms. The lowest BCUT2D eigenvalue weighted by atomic mass is 9.84. The molecule has 1 aromatic rings. The van der Waals surface area contributed by atoms with Gasteiger partial charge in [0.25, 0.3) is 0 Å². The van der Waals surface area contributed by atoms with Gasteiger partial charge in [-0.05, 0) is 43.5 Å². The summed E-state index contributed by atoms with van der Waals surface area (Å²) in [5.41, 5.74) is 3.60. The Labute approximate surface area is 115 Å². The predicted octanol–water partition coefficient (Wildman–Crippen LogP) is 2.18. The number of benzene rings is 1. The van der Waals surface area contributed by atoms with Gasteiger partial charge in [0.15, 0.2) is 0 Å². The minimum Gasteiger partial charge on any atom is -0.304 e. The number of hydrogen-bond donors (Lipinski definition) is 0. The van der Waals surface area contributed by atoms with Crippen LogP contribution in [0.15, 0.2) is 18.2 Å². The molecule has 0 amide bonds. The predicted molar refractivity (Wildman–Crippen MR) is 75.9 cm³/mol. The van der Waals surface area contributed by atoms with Gasteiger partial charge in [-0.1, -0.05) is 12.1 Å². The average Bonchev–Trinajstić information content (AvgIpc) is 2.47. The minimum absolute atomic E-state index is 0.533. The second-order valence-corrected chi connectivity index (χ2v) is 5.73. The van der Waals surface area contributed by atoms with Crippen LogP contribution in [0.3, 0.4) is 0 Å². The highest BCUT2D eigenvalue weighted by molar-refractivity contribution is 5.45. The van der Waals surface area contributed by atoms with E-state index in [1.807, 2.05) is 12.1 Å². The van der Waals surface area contributed by atoms with Crippen molar-refractivity contribution < 1.29 is 0 Å². The van der Waals surface area contributed by atoms with Gasteiger partial charge in [0.2, 0.25) is 0 Å². The molecule has 0 spiro atoms. The van der Waals surface area contributed by atoms with Crippen molar-refractivity contribution in [1.82, 2.24) is 9.80 Å². The highest BCUT2D eigenvalue weighted by Crippen LogP contribution is 2.36. The van der Waals surface area contributed by atoms with Gasteiger partial charge < -0.3 is 4.90 Å². The van der Waals surface area contributed by atoms with E-state index in [9.17, 15) is 5.26 Å². The zero-order valence-electron chi connectivity index (χ0n) is 11.6. The molecule has 1 aromatic carbocycles. The third-order valence-corrected chi connectivity index (χ3v) is 4.57.